The summed E-state index contributed by atoms with van der Waals surface area (Å²) in [6.07, 6.45) is 1.85. The predicted molar refractivity (Wildman–Crippen MR) is 59.8 cm³/mol. The molecule has 3 heteroatoms. The summed E-state index contributed by atoms with van der Waals surface area (Å²) in [6.45, 7) is 2.26. The minimum atomic E-state index is 0.667. The van der Waals surface area contributed by atoms with E-state index in [2.05, 4.69) is 5.32 Å². The molecule has 0 radical (unpaired) electrons. The Morgan fingerprint density at radius 1 is 1.29 bits per heavy atom. The van der Waals surface area contributed by atoms with E-state index in [0.717, 1.165) is 18.8 Å². The van der Waals surface area contributed by atoms with Gasteiger partial charge in [-0.15, -0.1) is 0 Å². The van der Waals surface area contributed by atoms with Crippen molar-refractivity contribution in [2.24, 2.45) is 0 Å². The van der Waals surface area contributed by atoms with Crippen LogP contribution in [0.1, 0.15) is 0 Å². The Morgan fingerprint density at radius 2 is 2.07 bits per heavy atom. The minimum Gasteiger partial charge on any atom is -0.492 e. The number of rotatable bonds is 6. The maximum absolute atomic E-state index is 5.47. The Labute approximate surface area is 89.5 Å². The number of nitrogens with one attached hydrogen (secondary N) is 1. The van der Waals surface area contributed by atoms with Crippen LogP contribution in [0.3, 0.4) is 0 Å². The standard InChI is InChI=1S/C11H14ClNO/c12-7-4-8-13-9-10-14-11-5-2-1-3-6-11/h1-7,13H,8-10H2/b7-4+. The van der Waals surface area contributed by atoms with Gasteiger partial charge in [0.25, 0.3) is 0 Å². The Balaban J connectivity index is 2.05. The van der Waals surface area contributed by atoms with Crippen LogP contribution in [0.15, 0.2) is 41.9 Å². The number of benzene rings is 1. The normalized spacial score (nSPS) is 10.6. The van der Waals surface area contributed by atoms with Crippen LogP contribution in [0.2, 0.25) is 0 Å². The zero-order valence-electron chi connectivity index (χ0n) is 7.95. The van der Waals surface area contributed by atoms with Gasteiger partial charge in [0.05, 0.1) is 0 Å². The Bertz CT molecular complexity index is 261. The molecule has 0 aliphatic rings. The fourth-order valence-corrected chi connectivity index (χ4v) is 1.08. The lowest BCUT2D eigenvalue weighted by Crippen LogP contribution is -2.20. The minimum absolute atomic E-state index is 0.667. The van der Waals surface area contributed by atoms with Gasteiger partial charge in [-0.25, -0.2) is 0 Å². The molecular formula is C11H14ClNO. The third-order valence-electron chi connectivity index (χ3n) is 1.64. The van der Waals surface area contributed by atoms with Crippen molar-refractivity contribution >= 4 is 11.6 Å². The zero-order valence-corrected chi connectivity index (χ0v) is 8.70. The van der Waals surface area contributed by atoms with Crippen molar-refractivity contribution in [2.45, 2.75) is 0 Å². The van der Waals surface area contributed by atoms with E-state index in [1.165, 1.54) is 5.54 Å². The number of ether oxygens (including phenoxy) is 1. The predicted octanol–water partition coefficient (Wildman–Crippen LogP) is 2.41. The molecule has 0 unspecified atom stereocenters. The first-order valence-electron chi connectivity index (χ1n) is 4.57. The van der Waals surface area contributed by atoms with Crippen LogP contribution in [0, 0.1) is 0 Å². The molecule has 0 spiro atoms. The Morgan fingerprint density at radius 3 is 2.79 bits per heavy atom. The smallest absolute Gasteiger partial charge is 0.119 e. The van der Waals surface area contributed by atoms with Crippen LogP contribution in [0.4, 0.5) is 0 Å². The molecule has 0 saturated carbocycles. The Hall–Kier alpha value is -0.990. The lowest BCUT2D eigenvalue weighted by Gasteiger charge is -2.05. The monoisotopic (exact) mass is 211 g/mol. The maximum atomic E-state index is 5.47. The lowest BCUT2D eigenvalue weighted by atomic mass is 10.3. The highest BCUT2D eigenvalue weighted by Crippen LogP contribution is 2.07. The summed E-state index contributed by atoms with van der Waals surface area (Å²) in [5.41, 5.74) is 1.51. The summed E-state index contributed by atoms with van der Waals surface area (Å²) in [4.78, 5) is 0. The molecule has 14 heavy (non-hydrogen) atoms. The fourth-order valence-electron chi connectivity index (χ4n) is 0.988. The molecule has 0 saturated heterocycles. The van der Waals surface area contributed by atoms with E-state index in [1.807, 2.05) is 36.4 Å². The number of halogens is 1. The van der Waals surface area contributed by atoms with Crippen LogP contribution in [0.5, 0.6) is 5.75 Å². The summed E-state index contributed by atoms with van der Waals surface area (Å²) >= 11 is 5.36. The average molecular weight is 212 g/mol. The average Bonchev–Trinajstić information content (AvgIpc) is 2.25. The molecular weight excluding hydrogens is 198 g/mol. The van der Waals surface area contributed by atoms with E-state index in [4.69, 9.17) is 16.3 Å². The molecule has 0 amide bonds. The third kappa shape index (κ3) is 4.90. The van der Waals surface area contributed by atoms with Gasteiger partial charge in [0.15, 0.2) is 0 Å². The molecule has 0 aromatic heterocycles. The second kappa shape index (κ2) is 7.42. The van der Waals surface area contributed by atoms with Crippen molar-refractivity contribution in [3.05, 3.63) is 41.9 Å². The van der Waals surface area contributed by atoms with E-state index in [0.29, 0.717) is 6.61 Å². The van der Waals surface area contributed by atoms with E-state index in [9.17, 15) is 0 Å². The molecule has 0 atom stereocenters. The van der Waals surface area contributed by atoms with Gasteiger partial charge in [-0.3, -0.25) is 0 Å². The van der Waals surface area contributed by atoms with E-state index < -0.39 is 0 Å². The molecule has 1 rings (SSSR count). The summed E-state index contributed by atoms with van der Waals surface area (Å²) in [5, 5.41) is 3.16. The van der Waals surface area contributed by atoms with Gasteiger partial charge in [0.1, 0.15) is 12.4 Å². The first-order valence-corrected chi connectivity index (χ1v) is 5.01. The first-order chi connectivity index (χ1) is 6.93. The molecule has 0 fully saturated rings. The van der Waals surface area contributed by atoms with Crippen molar-refractivity contribution in [2.75, 3.05) is 19.7 Å². The second-order valence-corrected chi connectivity index (χ2v) is 2.98. The number of para-hydroxylation sites is 1. The second-order valence-electron chi connectivity index (χ2n) is 2.73. The van der Waals surface area contributed by atoms with Crippen LogP contribution >= 0.6 is 11.6 Å². The summed E-state index contributed by atoms with van der Waals surface area (Å²) in [7, 11) is 0. The van der Waals surface area contributed by atoms with Gasteiger partial charge in [0.2, 0.25) is 0 Å². The van der Waals surface area contributed by atoms with Gasteiger partial charge < -0.3 is 10.1 Å². The van der Waals surface area contributed by atoms with E-state index >= 15 is 0 Å². The molecule has 2 nitrogen and oxygen atoms in total. The largest absolute Gasteiger partial charge is 0.492 e. The van der Waals surface area contributed by atoms with Crippen molar-refractivity contribution in [1.29, 1.82) is 0 Å². The van der Waals surface area contributed by atoms with Crippen molar-refractivity contribution in [1.82, 2.24) is 5.32 Å². The molecule has 1 aromatic rings. The highest BCUT2D eigenvalue weighted by Gasteiger charge is 1.89. The summed E-state index contributed by atoms with van der Waals surface area (Å²) in [5.74, 6) is 0.905. The zero-order chi connectivity index (χ0) is 10.1. The van der Waals surface area contributed by atoms with Gasteiger partial charge in [-0.1, -0.05) is 35.9 Å². The van der Waals surface area contributed by atoms with Gasteiger partial charge >= 0.3 is 0 Å². The first kappa shape index (κ1) is 11.1. The van der Waals surface area contributed by atoms with E-state index in [-0.39, 0.29) is 0 Å². The topological polar surface area (TPSA) is 21.3 Å². The molecule has 0 aliphatic carbocycles. The SMILES string of the molecule is Cl/C=C/CNCCOc1ccccc1. The summed E-state index contributed by atoms with van der Waals surface area (Å²) < 4.78 is 5.47. The van der Waals surface area contributed by atoms with Gasteiger partial charge in [-0.05, 0) is 12.1 Å². The molecule has 1 aromatic carbocycles. The number of hydrogen-bond acceptors (Lipinski definition) is 2. The van der Waals surface area contributed by atoms with Gasteiger partial charge in [0, 0.05) is 18.6 Å². The molecule has 0 heterocycles. The third-order valence-corrected chi connectivity index (χ3v) is 1.82. The van der Waals surface area contributed by atoms with Crippen molar-refractivity contribution in [3.63, 3.8) is 0 Å². The quantitative estimate of drug-likeness (QED) is 0.730. The summed E-state index contributed by atoms with van der Waals surface area (Å²) in [6, 6.07) is 9.77. The Kier molecular flexibility index (Phi) is 5.87. The lowest BCUT2D eigenvalue weighted by molar-refractivity contribution is 0.316. The van der Waals surface area contributed by atoms with Crippen LogP contribution < -0.4 is 10.1 Å². The number of hydrogen-bond donors (Lipinski definition) is 1. The molecule has 76 valence electrons. The molecule has 0 aliphatic heterocycles. The van der Waals surface area contributed by atoms with Gasteiger partial charge in [-0.2, -0.15) is 0 Å². The highest BCUT2D eigenvalue weighted by atomic mass is 35.5. The molecule has 0 bridgehead atoms. The van der Waals surface area contributed by atoms with E-state index in [1.54, 1.807) is 0 Å². The fraction of sp³-hybridized carbons (Fsp3) is 0.273. The van der Waals surface area contributed by atoms with Crippen molar-refractivity contribution < 1.29 is 4.74 Å². The van der Waals surface area contributed by atoms with Crippen LogP contribution in [0.25, 0.3) is 0 Å². The van der Waals surface area contributed by atoms with Crippen LogP contribution in [-0.2, 0) is 0 Å². The van der Waals surface area contributed by atoms with Crippen molar-refractivity contribution in [3.8, 4) is 5.75 Å². The maximum Gasteiger partial charge on any atom is 0.119 e. The molecule has 1 N–H and O–H groups in total. The van der Waals surface area contributed by atoms with Crippen LogP contribution in [-0.4, -0.2) is 19.7 Å². The highest BCUT2D eigenvalue weighted by molar-refractivity contribution is 6.25.